The van der Waals surface area contributed by atoms with Gasteiger partial charge in [-0.1, -0.05) is 104 Å². The molecule has 0 bridgehead atoms. The number of benzene rings is 2. The quantitative estimate of drug-likeness (QED) is 0.0714. The smallest absolute Gasteiger partial charge is 0.329 e. The molecule has 0 aliphatic carbocycles. The molecular weight excluding hydrogens is 1140 g/mol. The Morgan fingerprint density at radius 3 is 0.920 bits per heavy atom. The third-order valence-corrected chi connectivity index (χ3v) is 15.5. The van der Waals surface area contributed by atoms with Gasteiger partial charge in [-0.15, -0.1) is 0 Å². The Morgan fingerprint density at radius 2 is 0.659 bits per heavy atom. The Bertz CT molecular complexity index is 2800. The highest BCUT2D eigenvalue weighted by Crippen LogP contribution is 2.25. The minimum Gasteiger partial charge on any atom is -0.451 e. The molecule has 2 aromatic carbocycles. The van der Waals surface area contributed by atoms with Crippen LogP contribution in [-0.4, -0.2) is 184 Å². The molecule has 4 N–H and O–H groups in total. The Labute approximate surface area is 516 Å². The zero-order chi connectivity index (χ0) is 65.4. The Morgan fingerprint density at radius 1 is 0.398 bits per heavy atom. The number of cyclic esters (lactones) is 4. The van der Waals surface area contributed by atoms with Gasteiger partial charge in [-0.2, -0.15) is 10.2 Å². The molecule has 5 rings (SSSR count). The zero-order valence-electron chi connectivity index (χ0n) is 53.5. The second-order valence-corrected chi connectivity index (χ2v) is 24.6. The van der Waals surface area contributed by atoms with Gasteiger partial charge in [0.2, 0.25) is 0 Å². The number of rotatable bonds is 20. The van der Waals surface area contributed by atoms with E-state index < -0.39 is 96.1 Å². The maximum Gasteiger partial charge on any atom is 0.329 e. The van der Waals surface area contributed by atoms with Crippen molar-refractivity contribution in [3.63, 3.8) is 0 Å². The predicted molar refractivity (Wildman–Crippen MR) is 322 cm³/mol. The molecule has 1 fully saturated rings. The van der Waals surface area contributed by atoms with Crippen molar-refractivity contribution in [1.29, 1.82) is 0 Å². The van der Waals surface area contributed by atoms with E-state index in [9.17, 15) is 49.2 Å². The molecule has 24 nitrogen and oxygen atoms in total. The van der Waals surface area contributed by atoms with E-state index in [0.717, 1.165) is 30.7 Å². The number of likely N-dealkylation sites (N-methyl/N-ethyl adjacent to an activating group) is 4. The summed E-state index contributed by atoms with van der Waals surface area (Å²) in [5, 5.41) is 47.9. The molecule has 484 valence electrons. The van der Waals surface area contributed by atoms with Crippen molar-refractivity contribution in [2.75, 3.05) is 28.2 Å². The Kier molecular flexibility index (Phi) is 26.4. The summed E-state index contributed by atoms with van der Waals surface area (Å²) in [6.07, 6.45) is -6.59. The number of nitrogens with zero attached hydrogens (tertiary/aromatic N) is 8. The van der Waals surface area contributed by atoms with Crippen molar-refractivity contribution in [1.82, 2.24) is 39.2 Å². The fourth-order valence-electron chi connectivity index (χ4n) is 10.5. The fourth-order valence-corrected chi connectivity index (χ4v) is 10.5. The maximum absolute atomic E-state index is 15.1. The number of esters is 4. The summed E-state index contributed by atoms with van der Waals surface area (Å²) in [6.45, 7) is 16.4. The van der Waals surface area contributed by atoms with Crippen LogP contribution in [0.15, 0.2) is 60.7 Å². The highest BCUT2D eigenvalue weighted by molar-refractivity contribution is 5.94. The van der Waals surface area contributed by atoms with Gasteiger partial charge in [-0.25, -0.2) is 19.2 Å². The molecule has 1 aliphatic rings. The summed E-state index contributed by atoms with van der Waals surface area (Å²) in [7, 11) is 5.42. The van der Waals surface area contributed by atoms with E-state index in [-0.39, 0.29) is 102 Å². The van der Waals surface area contributed by atoms with Crippen molar-refractivity contribution >= 4 is 47.5 Å². The molecule has 1 saturated heterocycles. The third-order valence-electron chi connectivity index (χ3n) is 15.5. The van der Waals surface area contributed by atoms with Crippen LogP contribution in [0.25, 0.3) is 0 Å². The van der Waals surface area contributed by atoms with Crippen LogP contribution in [0.5, 0.6) is 0 Å². The summed E-state index contributed by atoms with van der Waals surface area (Å²) in [6, 6.07) is 11.7. The molecule has 3 heterocycles. The van der Waals surface area contributed by atoms with Gasteiger partial charge in [0.15, 0.2) is 24.4 Å². The van der Waals surface area contributed by atoms with E-state index in [4.69, 9.17) is 18.9 Å². The number of hydrogen-bond donors (Lipinski definition) is 4. The lowest BCUT2D eigenvalue weighted by molar-refractivity contribution is -0.176. The Balaban J connectivity index is 1.59. The van der Waals surface area contributed by atoms with Crippen molar-refractivity contribution in [2.45, 2.75) is 196 Å². The molecule has 88 heavy (non-hydrogen) atoms. The average Bonchev–Trinajstić information content (AvgIpc) is 4.24. The van der Waals surface area contributed by atoms with Crippen LogP contribution in [0.1, 0.15) is 140 Å². The normalized spacial score (nSPS) is 22.2. The summed E-state index contributed by atoms with van der Waals surface area (Å²) in [5.41, 5.74) is 4.25. The first-order chi connectivity index (χ1) is 41.5. The molecule has 1 aliphatic heterocycles. The highest BCUT2D eigenvalue weighted by Gasteiger charge is 2.43. The van der Waals surface area contributed by atoms with Gasteiger partial charge >= 0.3 is 23.9 Å². The van der Waals surface area contributed by atoms with Crippen LogP contribution in [0.4, 0.5) is 0 Å². The molecule has 2 aromatic heterocycles. The number of aliphatic hydroxyl groups excluding tert-OH is 4. The average molecular weight is 1230 g/mol. The van der Waals surface area contributed by atoms with E-state index in [0.29, 0.717) is 33.9 Å². The molecule has 4 aromatic rings. The van der Waals surface area contributed by atoms with Gasteiger partial charge in [0.1, 0.15) is 24.2 Å². The number of amides is 4. The zero-order valence-corrected chi connectivity index (χ0v) is 53.5. The Hall–Kier alpha value is -7.54. The third kappa shape index (κ3) is 19.2. The van der Waals surface area contributed by atoms with Crippen molar-refractivity contribution < 1.29 is 77.7 Å². The standard InChI is InChI=1S/C64H92N8O16/c1-37(2)23-51-61(81)85-41(9)57(77)67(11)54(26-40(7)8)64(84)88-56(28-44-17-21-46(22-18-44)32-72-50(36-76)30-48(34-74)66-72)60(80)70(14)52(24-38(3)4)62(82)86-42(10)58(78)68(12)53(25-39(5)6)63(83)87-55(59(79)69(51)13)27-43-15-19-45(20-16-43)31-71-49(35-75)29-47(33-73)65-71/h15-22,29-30,37-42,51-56,73-76H,23-28,31-36H2,1-14H3/t41-,42-,51+,52+,53+,54+,55-,56-/m1/s1. The molecule has 0 unspecified atom stereocenters. The van der Waals surface area contributed by atoms with Crippen molar-refractivity contribution in [2.24, 2.45) is 23.7 Å². The van der Waals surface area contributed by atoms with E-state index in [2.05, 4.69) is 10.2 Å². The number of hydrogen-bond acceptors (Lipinski definition) is 18. The van der Waals surface area contributed by atoms with E-state index in [1.54, 1.807) is 70.0 Å². The molecule has 8 atom stereocenters. The molecule has 0 radical (unpaired) electrons. The fraction of sp³-hybridized carbons (Fsp3) is 0.594. The second kappa shape index (κ2) is 32.6. The van der Waals surface area contributed by atoms with Crippen molar-refractivity contribution in [3.8, 4) is 0 Å². The topological polar surface area (TPSA) is 303 Å². The monoisotopic (exact) mass is 1230 g/mol. The molecular formula is C64H92N8O16. The van der Waals surface area contributed by atoms with Crippen LogP contribution in [0.2, 0.25) is 0 Å². The van der Waals surface area contributed by atoms with Gasteiger partial charge in [0.05, 0.1) is 62.3 Å². The first-order valence-corrected chi connectivity index (χ1v) is 30.1. The van der Waals surface area contributed by atoms with E-state index in [1.807, 2.05) is 55.4 Å². The first-order valence-electron chi connectivity index (χ1n) is 30.1. The number of ether oxygens (including phenoxy) is 4. The molecule has 0 saturated carbocycles. The van der Waals surface area contributed by atoms with Gasteiger partial charge in [-0.05, 0) is 97.6 Å². The minimum absolute atomic E-state index is 0.0334. The molecule has 24 heteroatoms. The van der Waals surface area contributed by atoms with E-state index in [1.165, 1.54) is 42.0 Å². The second-order valence-electron chi connectivity index (χ2n) is 24.6. The van der Waals surface area contributed by atoms with Crippen molar-refractivity contribution in [3.05, 3.63) is 106 Å². The predicted octanol–water partition coefficient (Wildman–Crippen LogP) is 4.12. The summed E-state index contributed by atoms with van der Waals surface area (Å²) in [5.74, 6) is -8.04. The lowest BCUT2D eigenvalue weighted by atomic mass is 9.99. The SMILES string of the molecule is CC(C)C[C@H]1C(=O)O[C@H](Cc2ccc(Cn3nc(CO)cc3CO)cc2)C(=O)N(C)[C@@H](CC(C)C)C(=O)O[C@H](C)C(=O)N(C)[C@@H](CC(C)C)C(=O)O[C@H](Cc2ccc(Cn3nc(CO)cc3CO)cc2)C(=O)N(C)[C@@H](CC(C)C)C(=O)O[C@H](C)C(=O)N1C. The number of aromatic nitrogens is 4. The number of carbonyl (C=O) groups is 8. The highest BCUT2D eigenvalue weighted by atomic mass is 16.6. The first kappa shape index (κ1) is 71.2. The summed E-state index contributed by atoms with van der Waals surface area (Å²) in [4.78, 5) is 122. The van der Waals surface area contributed by atoms with Gasteiger partial charge in [0.25, 0.3) is 23.6 Å². The molecule has 0 spiro atoms. The van der Waals surface area contributed by atoms with E-state index >= 15 is 9.59 Å². The summed E-state index contributed by atoms with van der Waals surface area (Å²) < 4.78 is 27.3. The minimum atomic E-state index is -1.61. The largest absolute Gasteiger partial charge is 0.451 e. The van der Waals surface area contributed by atoms with Gasteiger partial charge in [-0.3, -0.25) is 28.5 Å². The lowest BCUT2D eigenvalue weighted by Crippen LogP contribution is -2.55. The lowest BCUT2D eigenvalue weighted by Gasteiger charge is -2.35. The van der Waals surface area contributed by atoms with Gasteiger partial charge < -0.3 is 59.0 Å². The number of aliphatic hydroxyl groups is 4. The number of carbonyl (C=O) groups excluding carboxylic acids is 8. The van der Waals surface area contributed by atoms with Gasteiger partial charge in [0, 0.05) is 41.0 Å². The van der Waals surface area contributed by atoms with Crippen LogP contribution in [-0.2, 0) is 110 Å². The van der Waals surface area contributed by atoms with Crippen LogP contribution in [0, 0.1) is 23.7 Å². The van der Waals surface area contributed by atoms with Crippen LogP contribution < -0.4 is 0 Å². The summed E-state index contributed by atoms with van der Waals surface area (Å²) >= 11 is 0. The maximum atomic E-state index is 15.1. The van der Waals surface area contributed by atoms with Crippen LogP contribution >= 0.6 is 0 Å². The van der Waals surface area contributed by atoms with Crippen LogP contribution in [0.3, 0.4) is 0 Å². The molecule has 4 amide bonds.